The minimum atomic E-state index is 0.101. The molecule has 0 saturated carbocycles. The molecule has 0 N–H and O–H groups in total. The first kappa shape index (κ1) is 15.8. The Labute approximate surface area is 127 Å². The van der Waals surface area contributed by atoms with Crippen molar-refractivity contribution in [2.75, 3.05) is 40.3 Å². The highest BCUT2D eigenvalue weighted by Crippen LogP contribution is 2.33. The lowest BCUT2D eigenvalue weighted by Crippen LogP contribution is -2.47. The first-order valence-electron chi connectivity index (χ1n) is 7.50. The van der Waals surface area contributed by atoms with Crippen LogP contribution in [0.15, 0.2) is 0 Å². The summed E-state index contributed by atoms with van der Waals surface area (Å²) in [4.78, 5) is 17.1. The molecule has 1 amide bonds. The fourth-order valence-electron chi connectivity index (χ4n) is 2.96. The van der Waals surface area contributed by atoms with Gasteiger partial charge in [0.1, 0.15) is 5.75 Å². The second-order valence-electron chi connectivity index (χ2n) is 6.00. The fourth-order valence-corrected chi connectivity index (χ4v) is 2.96. The quantitative estimate of drug-likeness (QED) is 0.838. The second kappa shape index (κ2) is 6.06. The minimum Gasteiger partial charge on any atom is -0.496 e. The lowest BCUT2D eigenvalue weighted by atomic mass is 9.92. The maximum absolute atomic E-state index is 13.0. The van der Waals surface area contributed by atoms with Gasteiger partial charge in [-0.3, -0.25) is 4.79 Å². The van der Waals surface area contributed by atoms with Gasteiger partial charge in [0, 0.05) is 26.2 Å². The summed E-state index contributed by atoms with van der Waals surface area (Å²) in [6, 6.07) is 0. The molecule has 1 saturated heterocycles. The molecule has 4 heteroatoms. The number of piperazine rings is 1. The summed E-state index contributed by atoms with van der Waals surface area (Å²) in [5.41, 5.74) is 5.24. The van der Waals surface area contributed by atoms with E-state index in [2.05, 4.69) is 25.8 Å². The van der Waals surface area contributed by atoms with E-state index < -0.39 is 0 Å². The van der Waals surface area contributed by atoms with Gasteiger partial charge in [0.25, 0.3) is 5.91 Å². The Balaban J connectivity index is 2.45. The van der Waals surface area contributed by atoms with Crippen molar-refractivity contribution in [2.24, 2.45) is 0 Å². The summed E-state index contributed by atoms with van der Waals surface area (Å²) in [6.45, 7) is 11.6. The van der Waals surface area contributed by atoms with Crippen LogP contribution < -0.4 is 4.74 Å². The lowest BCUT2D eigenvalue weighted by molar-refractivity contribution is 0.0659. The molecule has 0 aromatic heterocycles. The maximum Gasteiger partial charge on any atom is 0.257 e. The summed E-state index contributed by atoms with van der Waals surface area (Å²) in [5, 5.41) is 0. The highest BCUT2D eigenvalue weighted by molar-refractivity contribution is 5.99. The predicted octanol–water partition coefficient (Wildman–Crippen LogP) is 2.32. The van der Waals surface area contributed by atoms with Crippen molar-refractivity contribution in [3.05, 3.63) is 27.8 Å². The zero-order chi connectivity index (χ0) is 15.7. The monoisotopic (exact) mass is 290 g/mol. The smallest absolute Gasteiger partial charge is 0.257 e. The van der Waals surface area contributed by atoms with E-state index in [9.17, 15) is 4.79 Å². The van der Waals surface area contributed by atoms with Crippen LogP contribution in [0.2, 0.25) is 0 Å². The number of hydrogen-bond acceptors (Lipinski definition) is 3. The van der Waals surface area contributed by atoms with Gasteiger partial charge < -0.3 is 14.5 Å². The molecule has 116 valence electrons. The van der Waals surface area contributed by atoms with E-state index in [4.69, 9.17) is 4.74 Å². The number of rotatable bonds is 2. The predicted molar refractivity (Wildman–Crippen MR) is 85.3 cm³/mol. The summed E-state index contributed by atoms with van der Waals surface area (Å²) >= 11 is 0. The molecule has 1 heterocycles. The molecule has 21 heavy (non-hydrogen) atoms. The number of hydrogen-bond donors (Lipinski definition) is 0. The highest BCUT2D eigenvalue weighted by atomic mass is 16.5. The first-order valence-corrected chi connectivity index (χ1v) is 7.50. The van der Waals surface area contributed by atoms with Gasteiger partial charge in [-0.2, -0.15) is 0 Å². The normalized spacial score (nSPS) is 16.2. The SMILES string of the molecule is COc1c(C)c(C)c(C)c(C)c1C(=O)N1CCN(C)CC1. The van der Waals surface area contributed by atoms with Crippen molar-refractivity contribution in [3.63, 3.8) is 0 Å². The number of ether oxygens (including phenoxy) is 1. The van der Waals surface area contributed by atoms with Crippen LogP contribution in [0.5, 0.6) is 5.75 Å². The molecule has 0 atom stereocenters. The molecule has 1 aliphatic heterocycles. The van der Waals surface area contributed by atoms with Crippen LogP contribution in [-0.4, -0.2) is 56.0 Å². The average Bonchev–Trinajstić information content (AvgIpc) is 2.48. The first-order chi connectivity index (χ1) is 9.88. The van der Waals surface area contributed by atoms with Crippen LogP contribution in [-0.2, 0) is 0 Å². The number of carbonyl (C=O) groups excluding carboxylic acids is 1. The topological polar surface area (TPSA) is 32.8 Å². The van der Waals surface area contributed by atoms with Gasteiger partial charge in [-0.1, -0.05) is 0 Å². The molecule has 0 aliphatic carbocycles. The highest BCUT2D eigenvalue weighted by Gasteiger charge is 2.27. The zero-order valence-corrected chi connectivity index (χ0v) is 14.0. The van der Waals surface area contributed by atoms with E-state index in [1.165, 1.54) is 11.1 Å². The standard InChI is InChI=1S/C17H26N2O2/c1-11-12(2)14(4)16(21-6)15(13(11)3)17(20)19-9-7-18(5)8-10-19/h7-10H2,1-6H3. The average molecular weight is 290 g/mol. The molecule has 0 radical (unpaired) electrons. The minimum absolute atomic E-state index is 0.101. The molecule has 1 fully saturated rings. The van der Waals surface area contributed by atoms with Crippen LogP contribution in [0.25, 0.3) is 0 Å². The van der Waals surface area contributed by atoms with Crippen molar-refractivity contribution >= 4 is 5.91 Å². The van der Waals surface area contributed by atoms with Crippen molar-refractivity contribution in [2.45, 2.75) is 27.7 Å². The summed E-state index contributed by atoms with van der Waals surface area (Å²) < 4.78 is 5.57. The number of amides is 1. The van der Waals surface area contributed by atoms with Crippen LogP contribution in [0.3, 0.4) is 0 Å². The van der Waals surface area contributed by atoms with Gasteiger partial charge in [-0.25, -0.2) is 0 Å². The molecule has 2 rings (SSSR count). The van der Waals surface area contributed by atoms with Crippen LogP contribution in [0.1, 0.15) is 32.6 Å². The Kier molecular flexibility index (Phi) is 4.57. The fraction of sp³-hybridized carbons (Fsp3) is 0.588. The van der Waals surface area contributed by atoms with Crippen LogP contribution in [0.4, 0.5) is 0 Å². The number of carbonyl (C=O) groups is 1. The Morgan fingerprint density at radius 3 is 1.95 bits per heavy atom. The molecule has 1 aromatic rings. The summed E-state index contributed by atoms with van der Waals surface area (Å²) in [7, 11) is 3.74. The molecule has 1 aromatic carbocycles. The molecule has 0 unspecified atom stereocenters. The Hall–Kier alpha value is -1.55. The zero-order valence-electron chi connectivity index (χ0n) is 14.0. The van der Waals surface area contributed by atoms with E-state index in [1.807, 2.05) is 18.7 Å². The Morgan fingerprint density at radius 1 is 0.905 bits per heavy atom. The number of benzene rings is 1. The van der Waals surface area contributed by atoms with Crippen LogP contribution in [0, 0.1) is 27.7 Å². The van der Waals surface area contributed by atoms with Gasteiger partial charge in [0.2, 0.25) is 0 Å². The molecular formula is C17H26N2O2. The molecule has 4 nitrogen and oxygen atoms in total. The van der Waals surface area contributed by atoms with E-state index in [0.717, 1.165) is 48.6 Å². The largest absolute Gasteiger partial charge is 0.496 e. The number of nitrogens with zero attached hydrogens (tertiary/aromatic N) is 2. The molecule has 1 aliphatic rings. The third kappa shape index (κ3) is 2.77. The summed E-state index contributed by atoms with van der Waals surface area (Å²) in [5.74, 6) is 0.836. The third-order valence-corrected chi connectivity index (χ3v) is 4.84. The molecule has 0 bridgehead atoms. The second-order valence-corrected chi connectivity index (χ2v) is 6.00. The molecule has 0 spiro atoms. The van der Waals surface area contributed by atoms with Crippen molar-refractivity contribution in [1.29, 1.82) is 0 Å². The number of likely N-dealkylation sites (N-methyl/N-ethyl adjacent to an activating group) is 1. The maximum atomic E-state index is 13.0. The van der Waals surface area contributed by atoms with Crippen molar-refractivity contribution in [1.82, 2.24) is 9.80 Å². The van der Waals surface area contributed by atoms with Crippen molar-refractivity contribution in [3.8, 4) is 5.75 Å². The van der Waals surface area contributed by atoms with E-state index in [1.54, 1.807) is 7.11 Å². The van der Waals surface area contributed by atoms with E-state index in [-0.39, 0.29) is 5.91 Å². The van der Waals surface area contributed by atoms with Gasteiger partial charge in [0.05, 0.1) is 12.7 Å². The van der Waals surface area contributed by atoms with Gasteiger partial charge in [-0.05, 0) is 57.0 Å². The summed E-state index contributed by atoms with van der Waals surface area (Å²) in [6.07, 6.45) is 0. The van der Waals surface area contributed by atoms with Gasteiger partial charge >= 0.3 is 0 Å². The van der Waals surface area contributed by atoms with E-state index >= 15 is 0 Å². The van der Waals surface area contributed by atoms with Crippen molar-refractivity contribution < 1.29 is 9.53 Å². The van der Waals surface area contributed by atoms with Gasteiger partial charge in [-0.15, -0.1) is 0 Å². The number of methoxy groups -OCH3 is 1. The Bertz CT molecular complexity index is 559. The third-order valence-electron chi connectivity index (χ3n) is 4.84. The van der Waals surface area contributed by atoms with E-state index in [0.29, 0.717) is 0 Å². The van der Waals surface area contributed by atoms with Gasteiger partial charge in [0.15, 0.2) is 0 Å². The Morgan fingerprint density at radius 2 is 1.43 bits per heavy atom. The lowest BCUT2D eigenvalue weighted by Gasteiger charge is -2.33. The van der Waals surface area contributed by atoms with Crippen LogP contribution >= 0.6 is 0 Å². The molecular weight excluding hydrogens is 264 g/mol.